The third-order valence-electron chi connectivity index (χ3n) is 6.51. The smallest absolute Gasteiger partial charge is 0.294 e. The minimum atomic E-state index is -4.29. The number of anilines is 1. The van der Waals surface area contributed by atoms with E-state index >= 15 is 0 Å². The molecule has 1 N–H and O–H groups in total. The van der Waals surface area contributed by atoms with Crippen molar-refractivity contribution < 1.29 is 32.0 Å². The molecule has 0 bridgehead atoms. The van der Waals surface area contributed by atoms with Gasteiger partial charge in [0.05, 0.1) is 25.2 Å². The number of methoxy groups -OCH3 is 1. The van der Waals surface area contributed by atoms with Gasteiger partial charge in [-0.2, -0.15) is 8.42 Å². The van der Waals surface area contributed by atoms with Crippen LogP contribution in [0.15, 0.2) is 83.9 Å². The monoisotopic (exact) mass is 610 g/mol. The molecule has 1 heterocycles. The van der Waals surface area contributed by atoms with Crippen molar-refractivity contribution in [1.29, 1.82) is 0 Å². The van der Waals surface area contributed by atoms with Crippen molar-refractivity contribution in [3.05, 3.63) is 101 Å². The number of benzene rings is 3. The van der Waals surface area contributed by atoms with Gasteiger partial charge in [0.1, 0.15) is 22.9 Å². The fourth-order valence-electron chi connectivity index (χ4n) is 4.29. The van der Waals surface area contributed by atoms with Gasteiger partial charge in [0.2, 0.25) is 11.8 Å². The van der Waals surface area contributed by atoms with Crippen LogP contribution in [0.25, 0.3) is 0 Å². The summed E-state index contributed by atoms with van der Waals surface area (Å²) in [6.45, 7) is 3.82. The molecule has 0 saturated heterocycles. The molecule has 42 heavy (non-hydrogen) atoms. The van der Waals surface area contributed by atoms with E-state index in [4.69, 9.17) is 25.8 Å². The Labute approximate surface area is 250 Å². The number of carbonyl (C=O) groups excluding carboxylic acids is 1. The molecule has 0 saturated carbocycles. The third kappa shape index (κ3) is 8.00. The highest BCUT2D eigenvalue weighted by molar-refractivity contribution is 7.85. The topological polar surface area (TPSA) is 115 Å². The van der Waals surface area contributed by atoms with Gasteiger partial charge in [-0.15, -0.1) is 0 Å². The fourth-order valence-corrected chi connectivity index (χ4v) is 4.94. The fraction of sp³-hybridized carbons (Fsp3) is 0.226. The Morgan fingerprint density at radius 1 is 1.00 bits per heavy atom. The van der Waals surface area contributed by atoms with E-state index in [0.717, 1.165) is 11.1 Å². The largest absolute Gasteiger partial charge is 0.497 e. The Kier molecular flexibility index (Phi) is 10.1. The maximum Gasteiger partial charge on any atom is 0.294 e. The van der Waals surface area contributed by atoms with E-state index < -0.39 is 10.1 Å². The van der Waals surface area contributed by atoms with Crippen LogP contribution in [-0.4, -0.2) is 37.6 Å². The lowest BCUT2D eigenvalue weighted by molar-refractivity contribution is -0.116. The second kappa shape index (κ2) is 13.7. The number of aromatic nitrogens is 1. The number of pyridine rings is 1. The number of hydrogen-bond donors (Lipinski definition) is 1. The molecule has 4 rings (SSSR count). The van der Waals surface area contributed by atoms with Gasteiger partial charge in [-0.05, 0) is 97.6 Å². The maximum atomic E-state index is 12.9. The number of carbonyl (C=O) groups is 1. The first-order chi connectivity index (χ1) is 20.0. The molecular weight excluding hydrogens is 580 g/mol. The zero-order valence-electron chi connectivity index (χ0n) is 23.4. The van der Waals surface area contributed by atoms with E-state index in [2.05, 4.69) is 4.98 Å². The molecule has 4 aromatic rings. The van der Waals surface area contributed by atoms with Crippen molar-refractivity contribution in [2.45, 2.75) is 38.1 Å². The predicted octanol–water partition coefficient (Wildman–Crippen LogP) is 6.66. The molecule has 9 nitrogen and oxygen atoms in total. The summed E-state index contributed by atoms with van der Waals surface area (Å²) in [5.41, 5.74) is 2.90. The summed E-state index contributed by atoms with van der Waals surface area (Å²) in [4.78, 5) is 18.7. The van der Waals surface area contributed by atoms with Crippen molar-refractivity contribution in [3.8, 4) is 23.1 Å². The van der Waals surface area contributed by atoms with Gasteiger partial charge in [0.25, 0.3) is 10.1 Å². The van der Waals surface area contributed by atoms with Crippen LogP contribution in [-0.2, 0) is 27.9 Å². The second-order valence-corrected chi connectivity index (χ2v) is 11.3. The van der Waals surface area contributed by atoms with Crippen LogP contribution in [0, 0.1) is 6.92 Å². The molecule has 0 unspecified atom stereocenters. The molecule has 3 aromatic carbocycles. The molecule has 11 heteroatoms. The lowest BCUT2D eigenvalue weighted by atomic mass is 10.0. The Bertz CT molecular complexity index is 1660. The zero-order chi connectivity index (χ0) is 30.3. The number of halogens is 1. The Hall–Kier alpha value is -4.12. The second-order valence-electron chi connectivity index (χ2n) is 9.48. The molecule has 0 aliphatic rings. The maximum absolute atomic E-state index is 12.9. The predicted molar refractivity (Wildman–Crippen MR) is 160 cm³/mol. The quantitative estimate of drug-likeness (QED) is 0.140. The number of hydrogen-bond acceptors (Lipinski definition) is 7. The van der Waals surface area contributed by atoms with Crippen LogP contribution in [0.5, 0.6) is 23.1 Å². The van der Waals surface area contributed by atoms with Crippen molar-refractivity contribution in [2.24, 2.45) is 0 Å². The highest BCUT2D eigenvalue weighted by Gasteiger charge is 2.21. The summed E-state index contributed by atoms with van der Waals surface area (Å²) in [5, 5.41) is 0.571. The first-order valence-electron chi connectivity index (χ1n) is 13.1. The molecule has 0 fully saturated rings. The SMILES string of the molecule is COc1ccc(OCCCc2cc(S(=O)(=O)O)ccc2C)c(CN(C(C)=O)c2cccnc2Oc2ccc(Cl)cc2)c1. The molecule has 220 valence electrons. The van der Waals surface area contributed by atoms with Crippen molar-refractivity contribution in [1.82, 2.24) is 4.98 Å². The first-order valence-corrected chi connectivity index (χ1v) is 14.9. The van der Waals surface area contributed by atoms with Crippen molar-refractivity contribution in [2.75, 3.05) is 18.6 Å². The summed E-state index contributed by atoms with van der Waals surface area (Å²) in [5.74, 6) is 1.71. The van der Waals surface area contributed by atoms with E-state index in [1.165, 1.54) is 19.1 Å². The van der Waals surface area contributed by atoms with Crippen LogP contribution in [0.4, 0.5) is 5.69 Å². The molecule has 0 aliphatic carbocycles. The van der Waals surface area contributed by atoms with Gasteiger partial charge in [-0.1, -0.05) is 17.7 Å². The van der Waals surface area contributed by atoms with Gasteiger partial charge < -0.3 is 19.1 Å². The molecule has 1 aromatic heterocycles. The van der Waals surface area contributed by atoms with E-state index in [1.54, 1.807) is 78.9 Å². The lowest BCUT2D eigenvalue weighted by Crippen LogP contribution is -2.28. The Morgan fingerprint density at radius 3 is 2.43 bits per heavy atom. The van der Waals surface area contributed by atoms with Gasteiger partial charge in [-0.25, -0.2) is 4.98 Å². The van der Waals surface area contributed by atoms with Gasteiger partial charge in [0.15, 0.2) is 0 Å². The highest BCUT2D eigenvalue weighted by Crippen LogP contribution is 2.34. The van der Waals surface area contributed by atoms with Gasteiger partial charge in [-0.3, -0.25) is 9.35 Å². The number of aryl methyl sites for hydroxylation is 2. The van der Waals surface area contributed by atoms with E-state index in [9.17, 15) is 17.8 Å². The zero-order valence-corrected chi connectivity index (χ0v) is 25.0. The third-order valence-corrected chi connectivity index (χ3v) is 7.61. The van der Waals surface area contributed by atoms with Crippen LogP contribution < -0.4 is 19.1 Å². The average molecular weight is 611 g/mol. The molecule has 1 amide bonds. The molecular formula is C31H31ClN2O7S. The summed E-state index contributed by atoms with van der Waals surface area (Å²) >= 11 is 6.00. The standard InChI is InChI=1S/C31H31ClN2O7S/c1-21-8-14-28(42(36,37)38)19-23(21)6-5-17-40-30-15-13-27(39-3)18-24(30)20-34(22(2)35)29-7-4-16-33-31(29)41-26-11-9-25(32)10-12-26/h4,7-16,18-19H,5-6,17,20H2,1-3H3,(H,36,37,38). The lowest BCUT2D eigenvalue weighted by Gasteiger charge is -2.24. The normalized spacial score (nSPS) is 11.2. The Morgan fingerprint density at radius 2 is 1.74 bits per heavy atom. The van der Waals surface area contributed by atoms with Crippen molar-refractivity contribution in [3.63, 3.8) is 0 Å². The van der Waals surface area contributed by atoms with Crippen LogP contribution in [0.1, 0.15) is 30.0 Å². The molecule has 0 atom stereocenters. The summed E-state index contributed by atoms with van der Waals surface area (Å²) in [6, 6.07) is 20.2. The molecule has 0 aliphatic heterocycles. The Balaban J connectivity index is 1.53. The van der Waals surface area contributed by atoms with Gasteiger partial charge in [0, 0.05) is 23.7 Å². The minimum absolute atomic E-state index is 0.138. The number of ether oxygens (including phenoxy) is 3. The number of amides is 1. The summed E-state index contributed by atoms with van der Waals surface area (Å²) in [6.07, 6.45) is 2.71. The summed E-state index contributed by atoms with van der Waals surface area (Å²) in [7, 11) is -2.73. The number of nitrogens with zero attached hydrogens (tertiary/aromatic N) is 2. The molecule has 0 radical (unpaired) electrons. The van der Waals surface area contributed by atoms with Crippen LogP contribution in [0.3, 0.4) is 0 Å². The number of rotatable bonds is 12. The first kappa shape index (κ1) is 30.8. The van der Waals surface area contributed by atoms with E-state index in [0.29, 0.717) is 53.0 Å². The van der Waals surface area contributed by atoms with E-state index in [1.807, 2.05) is 6.92 Å². The molecule has 0 spiro atoms. The highest BCUT2D eigenvalue weighted by atomic mass is 35.5. The van der Waals surface area contributed by atoms with Crippen LogP contribution in [0.2, 0.25) is 5.02 Å². The van der Waals surface area contributed by atoms with Crippen LogP contribution >= 0.6 is 11.6 Å². The van der Waals surface area contributed by atoms with Crippen molar-refractivity contribution >= 4 is 33.3 Å². The van der Waals surface area contributed by atoms with Gasteiger partial charge >= 0.3 is 0 Å². The minimum Gasteiger partial charge on any atom is -0.497 e. The average Bonchev–Trinajstić information content (AvgIpc) is 2.96. The van der Waals surface area contributed by atoms with E-state index in [-0.39, 0.29) is 23.2 Å². The summed E-state index contributed by atoms with van der Waals surface area (Å²) < 4.78 is 50.0.